The highest BCUT2D eigenvalue weighted by Crippen LogP contribution is 2.41. The highest BCUT2D eigenvalue weighted by atomic mass is 14.7. The molecule has 0 radical (unpaired) electrons. The third kappa shape index (κ3) is 5.78. The number of allylic oxidation sites excluding steroid dienone is 4. The molecule has 0 fully saturated rings. The second-order valence-corrected chi connectivity index (χ2v) is 7.32. The van der Waals surface area contributed by atoms with E-state index in [-0.39, 0.29) is 11.5 Å². The molecule has 0 spiro atoms. The Labute approximate surface area is 120 Å². The molecule has 1 unspecified atom stereocenters. The summed E-state index contributed by atoms with van der Waals surface area (Å²) in [5.41, 5.74) is 8.08. The lowest BCUT2D eigenvalue weighted by Crippen LogP contribution is -2.42. The van der Waals surface area contributed by atoms with Gasteiger partial charge in [-0.2, -0.15) is 0 Å². The Morgan fingerprint density at radius 1 is 1.11 bits per heavy atom. The molecule has 0 heterocycles. The van der Waals surface area contributed by atoms with Crippen LogP contribution in [0.15, 0.2) is 36.5 Å². The lowest BCUT2D eigenvalue weighted by molar-refractivity contribution is 0.127. The van der Waals surface area contributed by atoms with Crippen molar-refractivity contribution in [2.24, 2.45) is 22.5 Å². The zero-order valence-electron chi connectivity index (χ0n) is 14.0. The molecule has 0 aromatic rings. The van der Waals surface area contributed by atoms with Crippen molar-refractivity contribution in [1.29, 1.82) is 0 Å². The van der Waals surface area contributed by atoms with Gasteiger partial charge in [-0.1, -0.05) is 78.0 Å². The van der Waals surface area contributed by atoms with Gasteiger partial charge in [-0.05, 0) is 30.1 Å². The summed E-state index contributed by atoms with van der Waals surface area (Å²) < 4.78 is 0. The van der Waals surface area contributed by atoms with Crippen LogP contribution in [0.25, 0.3) is 0 Å². The first-order valence-electron chi connectivity index (χ1n) is 7.26. The van der Waals surface area contributed by atoms with Crippen molar-refractivity contribution < 1.29 is 0 Å². The number of rotatable bonds is 7. The first-order chi connectivity index (χ1) is 8.54. The summed E-state index contributed by atoms with van der Waals surface area (Å²) >= 11 is 0. The first-order valence-corrected chi connectivity index (χ1v) is 7.26. The molecule has 0 rings (SSSR count). The Balaban J connectivity index is 4.95. The van der Waals surface area contributed by atoms with E-state index in [1.807, 2.05) is 12.2 Å². The molecule has 0 saturated carbocycles. The van der Waals surface area contributed by atoms with Gasteiger partial charge in [0.1, 0.15) is 0 Å². The third-order valence-corrected chi connectivity index (χ3v) is 4.41. The minimum Gasteiger partial charge on any atom is -0.324 e. The van der Waals surface area contributed by atoms with Gasteiger partial charge in [0.2, 0.25) is 0 Å². The fraction of sp³-hybridized carbons (Fsp3) is 0.667. The summed E-state index contributed by atoms with van der Waals surface area (Å²) in [6.45, 7) is 19.6. The maximum absolute atomic E-state index is 6.46. The van der Waals surface area contributed by atoms with Crippen molar-refractivity contribution >= 4 is 0 Å². The Bertz CT molecular complexity index is 343. The van der Waals surface area contributed by atoms with E-state index in [1.165, 1.54) is 5.57 Å². The average Bonchev–Trinajstić information content (AvgIpc) is 2.26. The van der Waals surface area contributed by atoms with E-state index in [1.54, 1.807) is 6.08 Å². The smallest absolute Gasteiger partial charge is 0.0306 e. The van der Waals surface area contributed by atoms with Crippen molar-refractivity contribution in [1.82, 2.24) is 0 Å². The molecule has 0 bridgehead atoms. The summed E-state index contributed by atoms with van der Waals surface area (Å²) in [6, 6.07) is 0.0833. The van der Waals surface area contributed by atoms with E-state index in [0.29, 0.717) is 11.3 Å². The molecule has 1 nitrogen and oxygen atoms in total. The molecule has 19 heavy (non-hydrogen) atoms. The van der Waals surface area contributed by atoms with E-state index in [4.69, 9.17) is 5.73 Å². The minimum absolute atomic E-state index is 0.0833. The molecule has 0 aromatic carbocycles. The molecular weight excluding hydrogens is 230 g/mol. The quantitative estimate of drug-likeness (QED) is 0.635. The van der Waals surface area contributed by atoms with Gasteiger partial charge in [0, 0.05) is 6.04 Å². The summed E-state index contributed by atoms with van der Waals surface area (Å²) in [5, 5.41) is 0. The van der Waals surface area contributed by atoms with Crippen LogP contribution in [-0.2, 0) is 0 Å². The maximum atomic E-state index is 6.46. The van der Waals surface area contributed by atoms with Crippen LogP contribution in [0.3, 0.4) is 0 Å². The summed E-state index contributed by atoms with van der Waals surface area (Å²) in [7, 11) is 0. The van der Waals surface area contributed by atoms with Gasteiger partial charge in [0.05, 0.1) is 0 Å². The van der Waals surface area contributed by atoms with Gasteiger partial charge in [-0.15, -0.1) is 0 Å². The SMILES string of the molecule is C=C/C=C\C=C(/C)C(N)C(C)(C)CC(C)(C)C(C)C. The standard InChI is InChI=1S/C18H33N/c1-9-10-11-12-15(4)16(19)18(7,8)13-17(5,6)14(2)3/h9-12,14,16H,1,13,19H2,2-8H3/b11-10-,15-12+. The van der Waals surface area contributed by atoms with Crippen LogP contribution in [-0.4, -0.2) is 6.04 Å². The second-order valence-electron chi connectivity index (χ2n) is 7.32. The van der Waals surface area contributed by atoms with Crippen molar-refractivity contribution in [3.8, 4) is 0 Å². The van der Waals surface area contributed by atoms with Crippen molar-refractivity contribution in [2.75, 3.05) is 0 Å². The predicted octanol–water partition coefficient (Wildman–Crippen LogP) is 5.10. The lowest BCUT2D eigenvalue weighted by atomic mass is 9.66. The normalized spacial score (nSPS) is 16.2. The van der Waals surface area contributed by atoms with E-state index in [2.05, 4.69) is 61.1 Å². The van der Waals surface area contributed by atoms with Crippen LogP contribution in [0.2, 0.25) is 0 Å². The van der Waals surface area contributed by atoms with Gasteiger partial charge in [-0.3, -0.25) is 0 Å². The Kier molecular flexibility index (Phi) is 6.79. The van der Waals surface area contributed by atoms with Gasteiger partial charge in [-0.25, -0.2) is 0 Å². The molecule has 1 heteroatoms. The van der Waals surface area contributed by atoms with Crippen LogP contribution in [0.1, 0.15) is 54.9 Å². The highest BCUT2D eigenvalue weighted by Gasteiger charge is 2.35. The Hall–Kier alpha value is -0.820. The summed E-state index contributed by atoms with van der Waals surface area (Å²) in [4.78, 5) is 0. The fourth-order valence-electron chi connectivity index (χ4n) is 2.49. The zero-order valence-corrected chi connectivity index (χ0v) is 14.0. The number of hydrogen-bond donors (Lipinski definition) is 1. The monoisotopic (exact) mass is 263 g/mol. The molecule has 0 saturated heterocycles. The predicted molar refractivity (Wildman–Crippen MR) is 88.1 cm³/mol. The van der Waals surface area contributed by atoms with Crippen molar-refractivity contribution in [2.45, 2.75) is 60.9 Å². The van der Waals surface area contributed by atoms with Gasteiger partial charge < -0.3 is 5.73 Å². The maximum Gasteiger partial charge on any atom is 0.0306 e. The van der Waals surface area contributed by atoms with Crippen LogP contribution >= 0.6 is 0 Å². The molecule has 0 aliphatic carbocycles. The first kappa shape index (κ1) is 18.2. The van der Waals surface area contributed by atoms with Gasteiger partial charge in [0.25, 0.3) is 0 Å². The number of hydrogen-bond acceptors (Lipinski definition) is 1. The van der Waals surface area contributed by atoms with Gasteiger partial charge >= 0.3 is 0 Å². The topological polar surface area (TPSA) is 26.0 Å². The van der Waals surface area contributed by atoms with Crippen LogP contribution in [0, 0.1) is 16.7 Å². The second kappa shape index (κ2) is 7.09. The van der Waals surface area contributed by atoms with Crippen molar-refractivity contribution in [3.05, 3.63) is 36.5 Å². The van der Waals surface area contributed by atoms with Gasteiger partial charge in [0.15, 0.2) is 0 Å². The highest BCUT2D eigenvalue weighted by molar-refractivity contribution is 5.20. The Morgan fingerprint density at radius 2 is 1.63 bits per heavy atom. The third-order valence-electron chi connectivity index (χ3n) is 4.41. The molecule has 0 aromatic heterocycles. The van der Waals surface area contributed by atoms with Crippen LogP contribution in [0.5, 0.6) is 0 Å². The molecule has 110 valence electrons. The molecule has 0 aliphatic heterocycles. The average molecular weight is 263 g/mol. The molecular formula is C18H33N. The van der Waals surface area contributed by atoms with E-state index >= 15 is 0 Å². The number of nitrogens with two attached hydrogens (primary N) is 1. The largest absolute Gasteiger partial charge is 0.324 e. The van der Waals surface area contributed by atoms with E-state index in [0.717, 1.165) is 6.42 Å². The fourth-order valence-corrected chi connectivity index (χ4v) is 2.49. The van der Waals surface area contributed by atoms with E-state index < -0.39 is 0 Å². The van der Waals surface area contributed by atoms with E-state index in [9.17, 15) is 0 Å². The zero-order chi connectivity index (χ0) is 15.3. The molecule has 2 N–H and O–H groups in total. The minimum atomic E-state index is 0.0833. The molecule has 0 amide bonds. The molecule has 1 atom stereocenters. The summed E-state index contributed by atoms with van der Waals surface area (Å²) in [5.74, 6) is 0.656. The molecule has 0 aliphatic rings. The van der Waals surface area contributed by atoms with Crippen LogP contribution in [0.4, 0.5) is 0 Å². The van der Waals surface area contributed by atoms with Crippen molar-refractivity contribution in [3.63, 3.8) is 0 Å². The van der Waals surface area contributed by atoms with Crippen LogP contribution < -0.4 is 5.73 Å². The summed E-state index contributed by atoms with van der Waals surface area (Å²) in [6.07, 6.45) is 8.93. The Morgan fingerprint density at radius 3 is 2.05 bits per heavy atom. The lowest BCUT2D eigenvalue weighted by Gasteiger charge is -2.41.